The number of amides is 1. The van der Waals surface area contributed by atoms with Crippen LogP contribution in [0.5, 0.6) is 0 Å². The molecule has 0 aliphatic carbocycles. The second kappa shape index (κ2) is 7.40. The minimum atomic E-state index is 0. The van der Waals surface area contributed by atoms with E-state index in [1.165, 1.54) is 16.0 Å². The second-order valence-electron chi connectivity index (χ2n) is 4.80. The Kier molecular flexibility index (Phi) is 5.81. The van der Waals surface area contributed by atoms with Gasteiger partial charge in [-0.25, -0.2) is 0 Å². The van der Waals surface area contributed by atoms with Gasteiger partial charge in [0.1, 0.15) is 0 Å². The van der Waals surface area contributed by atoms with Gasteiger partial charge >= 0.3 is 0 Å². The Balaban J connectivity index is 0.00000161. The largest absolute Gasteiger partial charge is 0.352 e. The first kappa shape index (κ1) is 16.5. The zero-order valence-electron chi connectivity index (χ0n) is 11.3. The molecule has 112 valence electrons. The van der Waals surface area contributed by atoms with Gasteiger partial charge in [-0.2, -0.15) is 0 Å². The van der Waals surface area contributed by atoms with Crippen molar-refractivity contribution < 1.29 is 4.79 Å². The maximum atomic E-state index is 12.1. The molecule has 1 aliphatic heterocycles. The highest BCUT2D eigenvalue weighted by Gasteiger charge is 2.13. The van der Waals surface area contributed by atoms with E-state index in [2.05, 4.69) is 32.6 Å². The number of thiophene rings is 1. The highest BCUT2D eigenvalue weighted by atomic mass is 79.9. The summed E-state index contributed by atoms with van der Waals surface area (Å²) in [5.41, 5.74) is 3.28. The lowest BCUT2D eigenvalue weighted by Crippen LogP contribution is -2.25. The first-order chi connectivity index (χ1) is 9.72. The molecule has 0 atom stereocenters. The zero-order valence-corrected chi connectivity index (χ0v) is 14.5. The number of rotatable bonds is 4. The fraction of sp³-hybridized carbons (Fsp3) is 0.267. The molecule has 3 rings (SSSR count). The van der Waals surface area contributed by atoms with Crippen molar-refractivity contribution >= 4 is 45.6 Å². The van der Waals surface area contributed by atoms with Gasteiger partial charge < -0.3 is 10.6 Å². The molecule has 1 aliphatic rings. The third-order valence-corrected chi connectivity index (χ3v) is 5.07. The van der Waals surface area contributed by atoms with Gasteiger partial charge in [0.05, 0.1) is 3.79 Å². The van der Waals surface area contributed by atoms with E-state index in [0.29, 0.717) is 6.54 Å². The lowest BCUT2D eigenvalue weighted by molar-refractivity contribution is 0.0954. The van der Waals surface area contributed by atoms with E-state index in [1.54, 1.807) is 11.3 Å². The molecule has 0 spiro atoms. The summed E-state index contributed by atoms with van der Waals surface area (Å²) in [6, 6.07) is 10.1. The third kappa shape index (κ3) is 4.07. The quantitative estimate of drug-likeness (QED) is 0.843. The van der Waals surface area contributed by atoms with Crippen molar-refractivity contribution in [2.75, 3.05) is 6.54 Å². The predicted octanol–water partition coefficient (Wildman–Crippen LogP) is 3.51. The molecule has 3 nitrogen and oxygen atoms in total. The van der Waals surface area contributed by atoms with E-state index in [1.807, 2.05) is 24.3 Å². The van der Waals surface area contributed by atoms with Crippen LogP contribution >= 0.6 is 39.7 Å². The number of fused-ring (bicyclic) bond motifs is 1. The number of carbonyl (C=O) groups is 1. The first-order valence-corrected chi connectivity index (χ1v) is 8.18. The Bertz CT molecular complexity index is 644. The molecule has 6 heteroatoms. The maximum Gasteiger partial charge on any atom is 0.251 e. The summed E-state index contributed by atoms with van der Waals surface area (Å²) in [4.78, 5) is 13.4. The van der Waals surface area contributed by atoms with Crippen LogP contribution in [0.3, 0.4) is 0 Å². The molecule has 0 saturated heterocycles. The van der Waals surface area contributed by atoms with E-state index < -0.39 is 0 Å². The smallest absolute Gasteiger partial charge is 0.251 e. The van der Waals surface area contributed by atoms with Gasteiger partial charge in [0.25, 0.3) is 5.91 Å². The van der Waals surface area contributed by atoms with Gasteiger partial charge in [-0.05, 0) is 57.7 Å². The van der Waals surface area contributed by atoms with Crippen molar-refractivity contribution in [1.29, 1.82) is 0 Å². The van der Waals surface area contributed by atoms with E-state index >= 15 is 0 Å². The van der Waals surface area contributed by atoms with E-state index in [9.17, 15) is 4.79 Å². The van der Waals surface area contributed by atoms with Crippen LogP contribution in [0, 0.1) is 0 Å². The number of carbonyl (C=O) groups excluding carboxylic acids is 1. The Hall–Kier alpha value is -0.880. The van der Waals surface area contributed by atoms with Crippen LogP contribution in [-0.4, -0.2) is 12.5 Å². The summed E-state index contributed by atoms with van der Waals surface area (Å²) in [6.07, 6.45) is 0.870. The first-order valence-electron chi connectivity index (χ1n) is 6.57. The Labute approximate surface area is 142 Å². The fourth-order valence-corrected chi connectivity index (χ4v) is 3.81. The van der Waals surface area contributed by atoms with Crippen LogP contribution in [0.15, 0.2) is 34.1 Å². The minimum absolute atomic E-state index is 0. The van der Waals surface area contributed by atoms with Crippen LogP contribution in [0.4, 0.5) is 0 Å². The van der Waals surface area contributed by atoms with Crippen LogP contribution in [0.2, 0.25) is 0 Å². The van der Waals surface area contributed by atoms with Crippen molar-refractivity contribution in [3.05, 3.63) is 55.7 Å². The van der Waals surface area contributed by atoms with Gasteiger partial charge in [-0.3, -0.25) is 4.79 Å². The number of hydrogen-bond donors (Lipinski definition) is 2. The van der Waals surface area contributed by atoms with Crippen molar-refractivity contribution in [2.45, 2.75) is 19.5 Å². The van der Waals surface area contributed by atoms with Gasteiger partial charge in [0.15, 0.2) is 0 Å². The van der Waals surface area contributed by atoms with E-state index in [-0.39, 0.29) is 18.3 Å². The highest BCUT2D eigenvalue weighted by molar-refractivity contribution is 9.11. The lowest BCUT2D eigenvalue weighted by atomic mass is 10.1. The predicted molar refractivity (Wildman–Crippen MR) is 92.3 cm³/mol. The van der Waals surface area contributed by atoms with Gasteiger partial charge in [-0.1, -0.05) is 6.07 Å². The summed E-state index contributed by atoms with van der Waals surface area (Å²) in [7, 11) is 0. The molecule has 2 heterocycles. The summed E-state index contributed by atoms with van der Waals surface area (Å²) in [5.74, 6) is 0.00956. The van der Waals surface area contributed by atoms with E-state index in [4.69, 9.17) is 0 Å². The van der Waals surface area contributed by atoms with Gasteiger partial charge in [-0.15, -0.1) is 23.7 Å². The number of halogens is 2. The average molecular weight is 388 g/mol. The summed E-state index contributed by atoms with van der Waals surface area (Å²) in [5, 5.41) is 6.27. The molecule has 2 N–H and O–H groups in total. The maximum absolute atomic E-state index is 12.1. The molecule has 0 fully saturated rings. The molecular formula is C15H16BrClN2OS. The van der Waals surface area contributed by atoms with Crippen molar-refractivity contribution in [3.8, 4) is 0 Å². The zero-order chi connectivity index (χ0) is 13.9. The molecule has 2 aromatic rings. The summed E-state index contributed by atoms with van der Waals surface area (Å²) >= 11 is 5.15. The highest BCUT2D eigenvalue weighted by Crippen LogP contribution is 2.22. The van der Waals surface area contributed by atoms with Gasteiger partial charge in [0, 0.05) is 30.1 Å². The Morgan fingerprint density at radius 1 is 1.24 bits per heavy atom. The standard InChI is InChI=1S/C15H15BrN2OS.ClH/c16-14-4-3-13(20-14)5-6-18-15(19)10-1-2-11-8-17-9-12(11)7-10;/h1-4,7,17H,5-6,8-9H2,(H,18,19);1H. The van der Waals surface area contributed by atoms with Crippen molar-refractivity contribution in [2.24, 2.45) is 0 Å². The van der Waals surface area contributed by atoms with Crippen LogP contribution in [-0.2, 0) is 19.5 Å². The van der Waals surface area contributed by atoms with Crippen LogP contribution < -0.4 is 10.6 Å². The normalized spacial score (nSPS) is 12.6. The van der Waals surface area contributed by atoms with Crippen molar-refractivity contribution in [1.82, 2.24) is 10.6 Å². The lowest BCUT2D eigenvalue weighted by Gasteiger charge is -2.06. The second-order valence-corrected chi connectivity index (χ2v) is 7.35. The molecule has 1 aromatic heterocycles. The number of hydrogen-bond acceptors (Lipinski definition) is 3. The average Bonchev–Trinajstić information content (AvgIpc) is 3.06. The Morgan fingerprint density at radius 2 is 2.05 bits per heavy atom. The van der Waals surface area contributed by atoms with Crippen molar-refractivity contribution in [3.63, 3.8) is 0 Å². The summed E-state index contributed by atoms with van der Waals surface area (Å²) in [6.45, 7) is 2.44. The SMILES string of the molecule is Cl.O=C(NCCc1ccc(Br)s1)c1ccc2c(c1)CNC2. The molecule has 0 radical (unpaired) electrons. The monoisotopic (exact) mass is 386 g/mol. The topological polar surface area (TPSA) is 41.1 Å². The fourth-order valence-electron chi connectivity index (χ4n) is 2.32. The number of benzene rings is 1. The molecule has 0 saturated carbocycles. The third-order valence-electron chi connectivity index (χ3n) is 3.39. The molecular weight excluding hydrogens is 372 g/mol. The van der Waals surface area contributed by atoms with E-state index in [0.717, 1.165) is 28.9 Å². The van der Waals surface area contributed by atoms with Gasteiger partial charge in [0.2, 0.25) is 0 Å². The molecule has 21 heavy (non-hydrogen) atoms. The van der Waals surface area contributed by atoms with Crippen LogP contribution in [0.25, 0.3) is 0 Å². The Morgan fingerprint density at radius 3 is 2.81 bits per heavy atom. The molecule has 0 unspecified atom stereocenters. The summed E-state index contributed by atoms with van der Waals surface area (Å²) < 4.78 is 1.13. The van der Waals surface area contributed by atoms with Crippen LogP contribution in [0.1, 0.15) is 26.4 Å². The number of nitrogens with one attached hydrogen (secondary N) is 2. The molecule has 1 amide bonds. The molecule has 0 bridgehead atoms. The molecule has 1 aromatic carbocycles. The minimum Gasteiger partial charge on any atom is -0.352 e.